The van der Waals surface area contributed by atoms with E-state index in [0.717, 1.165) is 12.1 Å². The predicted molar refractivity (Wildman–Crippen MR) is 114 cm³/mol. The number of amides is 1. The zero-order valence-electron chi connectivity index (χ0n) is 16.1. The fourth-order valence-electron chi connectivity index (χ4n) is 2.56. The molecule has 0 saturated heterocycles. The second kappa shape index (κ2) is 10.1. The van der Waals surface area contributed by atoms with Crippen molar-refractivity contribution in [3.8, 4) is 5.75 Å². The van der Waals surface area contributed by atoms with Crippen LogP contribution in [0.15, 0.2) is 41.3 Å². The van der Waals surface area contributed by atoms with Crippen LogP contribution in [0, 0.1) is 10.1 Å². The fourth-order valence-corrected chi connectivity index (χ4v) is 4.37. The molecule has 0 unspecified atom stereocenters. The highest BCUT2D eigenvalue weighted by atomic mass is 35.5. The van der Waals surface area contributed by atoms with Gasteiger partial charge in [0.05, 0.1) is 20.5 Å². The number of nitro benzene ring substituents is 1. The Hall–Kier alpha value is -2.40. The van der Waals surface area contributed by atoms with Crippen LogP contribution >= 0.6 is 23.2 Å². The van der Waals surface area contributed by atoms with Crippen LogP contribution in [0.25, 0.3) is 0 Å². The van der Waals surface area contributed by atoms with Crippen LogP contribution in [0.3, 0.4) is 0 Å². The van der Waals surface area contributed by atoms with E-state index < -0.39 is 33.1 Å². The smallest absolute Gasteiger partial charge is 0.312 e. The molecule has 1 N–H and O–H groups in total. The molecule has 2 aromatic carbocycles. The number of nitrogens with zero attached hydrogens (tertiary/aromatic N) is 2. The second-order valence-corrected chi connectivity index (χ2v) is 8.72. The lowest BCUT2D eigenvalue weighted by molar-refractivity contribution is -0.386. The van der Waals surface area contributed by atoms with Gasteiger partial charge >= 0.3 is 5.69 Å². The summed E-state index contributed by atoms with van der Waals surface area (Å²) >= 11 is 11.8. The molecule has 0 aromatic heterocycles. The van der Waals surface area contributed by atoms with Gasteiger partial charge in [-0.3, -0.25) is 14.9 Å². The number of ether oxygens (including phenoxy) is 1. The van der Waals surface area contributed by atoms with Crippen LogP contribution in [-0.4, -0.2) is 43.2 Å². The Morgan fingerprint density at radius 2 is 1.83 bits per heavy atom. The number of carbonyl (C=O) groups excluding carboxylic acids is 1. The normalized spacial score (nSPS) is 11.4. The molecule has 0 saturated carbocycles. The predicted octanol–water partition coefficient (Wildman–Crippen LogP) is 3.95. The lowest BCUT2D eigenvalue weighted by Gasteiger charge is -2.18. The summed E-state index contributed by atoms with van der Waals surface area (Å²) in [6.45, 7) is 3.20. The molecule has 0 fully saturated rings. The van der Waals surface area contributed by atoms with E-state index in [0.29, 0.717) is 5.02 Å². The first-order valence-corrected chi connectivity index (χ1v) is 11.0. The molecule has 162 valence electrons. The first-order chi connectivity index (χ1) is 14.1. The van der Waals surface area contributed by atoms with E-state index in [1.807, 2.05) is 0 Å². The van der Waals surface area contributed by atoms with Crippen molar-refractivity contribution < 1.29 is 22.9 Å². The minimum absolute atomic E-state index is 0.219. The molecule has 0 bridgehead atoms. The molecule has 0 aliphatic rings. The maximum Gasteiger partial charge on any atom is 0.312 e. The van der Waals surface area contributed by atoms with E-state index in [9.17, 15) is 23.3 Å². The monoisotopic (exact) mass is 475 g/mol. The summed E-state index contributed by atoms with van der Waals surface area (Å²) in [5, 5.41) is 14.5. The van der Waals surface area contributed by atoms with Gasteiger partial charge in [0.25, 0.3) is 5.91 Å². The van der Waals surface area contributed by atoms with Crippen molar-refractivity contribution in [3.05, 3.63) is 56.6 Å². The number of carbonyl (C=O) groups is 1. The van der Waals surface area contributed by atoms with Crippen molar-refractivity contribution in [3.63, 3.8) is 0 Å². The van der Waals surface area contributed by atoms with Crippen molar-refractivity contribution in [2.45, 2.75) is 18.7 Å². The van der Waals surface area contributed by atoms with Gasteiger partial charge in [0, 0.05) is 24.2 Å². The average Bonchev–Trinajstić information content (AvgIpc) is 2.69. The van der Waals surface area contributed by atoms with Crippen LogP contribution in [0.4, 0.5) is 11.4 Å². The molecule has 0 spiro atoms. The molecule has 0 atom stereocenters. The Balaban J connectivity index is 2.21. The lowest BCUT2D eigenvalue weighted by atomic mass is 10.3. The van der Waals surface area contributed by atoms with Gasteiger partial charge < -0.3 is 10.1 Å². The Bertz CT molecular complexity index is 1060. The first-order valence-electron chi connectivity index (χ1n) is 8.76. The van der Waals surface area contributed by atoms with E-state index in [1.54, 1.807) is 19.9 Å². The summed E-state index contributed by atoms with van der Waals surface area (Å²) in [7, 11) is -3.89. The fraction of sp³-hybridized carbons (Fsp3) is 0.278. The summed E-state index contributed by atoms with van der Waals surface area (Å²) < 4.78 is 31.6. The zero-order chi connectivity index (χ0) is 22.5. The van der Waals surface area contributed by atoms with Gasteiger partial charge in [-0.15, -0.1) is 0 Å². The largest absolute Gasteiger partial charge is 0.477 e. The van der Waals surface area contributed by atoms with Crippen LogP contribution < -0.4 is 10.1 Å². The minimum atomic E-state index is -3.89. The Morgan fingerprint density at radius 3 is 2.43 bits per heavy atom. The van der Waals surface area contributed by atoms with Gasteiger partial charge in [0.15, 0.2) is 12.4 Å². The Kier molecular flexibility index (Phi) is 8.02. The maximum atomic E-state index is 12.6. The molecular formula is C18H19Cl2N3O6S. The zero-order valence-corrected chi connectivity index (χ0v) is 18.4. The number of hydrogen-bond acceptors (Lipinski definition) is 6. The van der Waals surface area contributed by atoms with Gasteiger partial charge in [0.1, 0.15) is 0 Å². The number of nitro groups is 1. The minimum Gasteiger partial charge on any atom is -0.477 e. The molecule has 12 heteroatoms. The van der Waals surface area contributed by atoms with Crippen molar-refractivity contribution in [2.24, 2.45) is 0 Å². The van der Waals surface area contributed by atoms with Gasteiger partial charge in [0.2, 0.25) is 10.0 Å². The summed E-state index contributed by atoms with van der Waals surface area (Å²) in [5.41, 5.74) is -0.315. The highest BCUT2D eigenvalue weighted by Gasteiger charge is 2.26. The highest BCUT2D eigenvalue weighted by molar-refractivity contribution is 7.89. The molecule has 0 aliphatic carbocycles. The quantitative estimate of drug-likeness (QED) is 0.433. The van der Waals surface area contributed by atoms with Gasteiger partial charge in [-0.1, -0.05) is 37.0 Å². The van der Waals surface area contributed by atoms with E-state index in [2.05, 4.69) is 5.32 Å². The van der Waals surface area contributed by atoms with Crippen molar-refractivity contribution in [2.75, 3.05) is 25.0 Å². The number of halogens is 2. The first kappa shape index (κ1) is 23.9. The van der Waals surface area contributed by atoms with Crippen LogP contribution in [0.2, 0.25) is 10.0 Å². The van der Waals surface area contributed by atoms with Crippen molar-refractivity contribution >= 4 is 50.5 Å². The molecule has 0 radical (unpaired) electrons. The summed E-state index contributed by atoms with van der Waals surface area (Å²) in [5.74, 6) is -0.876. The molecule has 9 nitrogen and oxygen atoms in total. The maximum absolute atomic E-state index is 12.6. The van der Waals surface area contributed by atoms with Crippen LogP contribution in [-0.2, 0) is 14.8 Å². The number of anilines is 1. The number of sulfonamides is 1. The highest BCUT2D eigenvalue weighted by Crippen LogP contribution is 2.31. The molecule has 2 rings (SSSR count). The van der Waals surface area contributed by atoms with Crippen LogP contribution in [0.1, 0.15) is 13.8 Å². The second-order valence-electron chi connectivity index (χ2n) is 5.94. The number of benzene rings is 2. The standard InChI is InChI=1S/C18H19Cl2N3O6S/c1-3-22(4-2)30(27,28)13-6-8-17(16(10-13)23(25)26)29-11-18(24)21-15-9-12(19)5-7-14(15)20/h5-10H,3-4,11H2,1-2H3,(H,21,24). The Morgan fingerprint density at radius 1 is 1.17 bits per heavy atom. The van der Waals surface area contributed by atoms with Gasteiger partial charge in [-0.25, -0.2) is 8.42 Å². The Labute approximate surface area is 183 Å². The SMILES string of the molecule is CCN(CC)S(=O)(=O)c1ccc(OCC(=O)Nc2cc(Cl)ccc2Cl)c([N+](=O)[O-])c1. The van der Waals surface area contributed by atoms with E-state index in [-0.39, 0.29) is 34.4 Å². The lowest BCUT2D eigenvalue weighted by Crippen LogP contribution is -2.30. The summed E-state index contributed by atoms with van der Waals surface area (Å²) in [6.07, 6.45) is 0. The molecule has 1 amide bonds. The molecule has 0 heterocycles. The molecule has 2 aromatic rings. The molecule has 30 heavy (non-hydrogen) atoms. The van der Waals surface area contributed by atoms with Gasteiger partial charge in [-0.05, 0) is 30.3 Å². The molecular weight excluding hydrogens is 457 g/mol. The van der Waals surface area contributed by atoms with Crippen LogP contribution in [0.5, 0.6) is 5.75 Å². The van der Waals surface area contributed by atoms with Crippen molar-refractivity contribution in [1.82, 2.24) is 4.31 Å². The molecule has 0 aliphatic heterocycles. The van der Waals surface area contributed by atoms with E-state index >= 15 is 0 Å². The van der Waals surface area contributed by atoms with E-state index in [1.165, 1.54) is 22.5 Å². The van der Waals surface area contributed by atoms with Gasteiger partial charge in [-0.2, -0.15) is 4.31 Å². The third kappa shape index (κ3) is 5.60. The van der Waals surface area contributed by atoms with E-state index in [4.69, 9.17) is 27.9 Å². The topological polar surface area (TPSA) is 119 Å². The van der Waals surface area contributed by atoms with Crippen molar-refractivity contribution in [1.29, 1.82) is 0 Å². The summed E-state index contributed by atoms with van der Waals surface area (Å²) in [4.78, 5) is 22.5. The number of nitrogens with one attached hydrogen (secondary N) is 1. The average molecular weight is 476 g/mol. The number of rotatable bonds is 9. The summed E-state index contributed by atoms with van der Waals surface area (Å²) in [6, 6.07) is 7.75. The third-order valence-corrected chi connectivity index (χ3v) is 6.64. The third-order valence-electron chi connectivity index (χ3n) is 4.03. The number of hydrogen-bond donors (Lipinski definition) is 1.